The number of aryl methyl sites for hydroxylation is 1. The van der Waals surface area contributed by atoms with Gasteiger partial charge in [-0.1, -0.05) is 0 Å². The van der Waals surface area contributed by atoms with E-state index in [2.05, 4.69) is 15.0 Å². The molecule has 0 saturated heterocycles. The number of esters is 1. The van der Waals surface area contributed by atoms with Crippen LogP contribution < -0.4 is 5.56 Å². The molecule has 0 fully saturated rings. The number of amides is 1. The van der Waals surface area contributed by atoms with Crippen molar-refractivity contribution in [2.75, 3.05) is 13.7 Å². The molecule has 3 heterocycles. The summed E-state index contributed by atoms with van der Waals surface area (Å²) in [5, 5.41) is 1.80. The van der Waals surface area contributed by atoms with E-state index in [0.29, 0.717) is 38.6 Å². The van der Waals surface area contributed by atoms with Crippen LogP contribution in [0.25, 0.3) is 10.2 Å². The average molecular weight is 388 g/mol. The van der Waals surface area contributed by atoms with Gasteiger partial charge in [0, 0.05) is 12.7 Å². The molecule has 0 radical (unpaired) electrons. The molecule has 0 saturated carbocycles. The number of nitrogens with one attached hydrogen (secondary N) is 2. The predicted molar refractivity (Wildman–Crippen MR) is 102 cm³/mol. The lowest BCUT2D eigenvalue weighted by Crippen LogP contribution is -2.29. The molecule has 3 aromatic heterocycles. The number of hydrogen-bond donors (Lipinski definition) is 2. The van der Waals surface area contributed by atoms with E-state index in [9.17, 15) is 14.4 Å². The number of fused-ring (bicyclic) bond motifs is 1. The first-order valence-electron chi connectivity index (χ1n) is 8.41. The van der Waals surface area contributed by atoms with Crippen molar-refractivity contribution >= 4 is 33.4 Å². The second kappa shape index (κ2) is 7.36. The minimum atomic E-state index is -0.459. The van der Waals surface area contributed by atoms with Gasteiger partial charge in [-0.3, -0.25) is 9.59 Å². The molecule has 0 aliphatic carbocycles. The van der Waals surface area contributed by atoms with Gasteiger partial charge < -0.3 is 19.6 Å². The van der Waals surface area contributed by atoms with Gasteiger partial charge >= 0.3 is 5.97 Å². The SMILES string of the molecule is CCOC(=O)c1c(C)[nH]c(C(=O)N(C)Cc2nc3ccsc3c(=O)[nH]2)c1C. The van der Waals surface area contributed by atoms with Crippen molar-refractivity contribution in [3.05, 3.63) is 50.1 Å². The van der Waals surface area contributed by atoms with E-state index in [0.717, 1.165) is 0 Å². The van der Waals surface area contributed by atoms with Gasteiger partial charge in [0.05, 0.1) is 24.2 Å². The fourth-order valence-electron chi connectivity index (χ4n) is 2.96. The van der Waals surface area contributed by atoms with Gasteiger partial charge in [0.2, 0.25) is 0 Å². The highest BCUT2D eigenvalue weighted by Crippen LogP contribution is 2.21. The first-order valence-corrected chi connectivity index (χ1v) is 9.29. The van der Waals surface area contributed by atoms with E-state index in [1.54, 1.807) is 39.3 Å². The molecule has 0 aliphatic heterocycles. The van der Waals surface area contributed by atoms with Crippen LogP contribution in [0, 0.1) is 13.8 Å². The summed E-state index contributed by atoms with van der Waals surface area (Å²) >= 11 is 1.32. The number of H-pyrrole nitrogens is 2. The summed E-state index contributed by atoms with van der Waals surface area (Å²) in [5.74, 6) is -0.369. The zero-order chi connectivity index (χ0) is 19.7. The number of nitrogens with zero attached hydrogens (tertiary/aromatic N) is 2. The number of aromatic nitrogens is 3. The lowest BCUT2D eigenvalue weighted by Gasteiger charge is -2.16. The monoisotopic (exact) mass is 388 g/mol. The standard InChI is InChI=1S/C18H20N4O4S/c1-5-26-18(25)13-9(2)14(19-10(13)3)17(24)22(4)8-12-20-11-6-7-27-15(11)16(23)21-12/h6-7,19H,5,8H2,1-4H3,(H,20,21,23). The van der Waals surface area contributed by atoms with Crippen LogP contribution in [0.4, 0.5) is 0 Å². The molecule has 1 amide bonds. The van der Waals surface area contributed by atoms with E-state index in [1.807, 2.05) is 0 Å². The summed E-state index contributed by atoms with van der Waals surface area (Å²) in [7, 11) is 1.61. The molecule has 142 valence electrons. The molecule has 0 bridgehead atoms. The molecule has 3 rings (SSSR count). The molecule has 0 atom stereocenters. The summed E-state index contributed by atoms with van der Waals surface area (Å²) in [6, 6.07) is 1.77. The minimum Gasteiger partial charge on any atom is -0.462 e. The Hall–Kier alpha value is -2.94. The summed E-state index contributed by atoms with van der Waals surface area (Å²) in [4.78, 5) is 48.5. The largest absolute Gasteiger partial charge is 0.462 e. The quantitative estimate of drug-likeness (QED) is 0.653. The lowest BCUT2D eigenvalue weighted by molar-refractivity contribution is 0.0525. The topological polar surface area (TPSA) is 108 Å². The van der Waals surface area contributed by atoms with E-state index in [1.165, 1.54) is 16.2 Å². The second-order valence-electron chi connectivity index (χ2n) is 6.15. The van der Waals surface area contributed by atoms with Gasteiger partial charge in [0.25, 0.3) is 11.5 Å². The van der Waals surface area contributed by atoms with Gasteiger partial charge in [-0.25, -0.2) is 9.78 Å². The number of rotatable bonds is 5. The molecule has 9 heteroatoms. The normalized spacial score (nSPS) is 11.0. The Morgan fingerprint density at radius 3 is 2.74 bits per heavy atom. The molecule has 27 heavy (non-hydrogen) atoms. The van der Waals surface area contributed by atoms with Crippen molar-refractivity contribution in [3.8, 4) is 0 Å². The molecule has 2 N–H and O–H groups in total. The highest BCUT2D eigenvalue weighted by Gasteiger charge is 2.25. The molecule has 0 aliphatic rings. The van der Waals surface area contributed by atoms with Gasteiger partial charge in [-0.05, 0) is 37.8 Å². The third-order valence-electron chi connectivity index (χ3n) is 4.23. The van der Waals surface area contributed by atoms with Gasteiger partial charge in [-0.15, -0.1) is 11.3 Å². The van der Waals surface area contributed by atoms with E-state index >= 15 is 0 Å². The summed E-state index contributed by atoms with van der Waals surface area (Å²) < 4.78 is 5.61. The Labute approximate surface area is 159 Å². The van der Waals surface area contributed by atoms with Crippen LogP contribution in [0.3, 0.4) is 0 Å². The molecular weight excluding hydrogens is 368 g/mol. The van der Waals surface area contributed by atoms with E-state index in [-0.39, 0.29) is 24.6 Å². The number of hydrogen-bond acceptors (Lipinski definition) is 6. The van der Waals surface area contributed by atoms with Crippen LogP contribution >= 0.6 is 11.3 Å². The van der Waals surface area contributed by atoms with Crippen molar-refractivity contribution in [3.63, 3.8) is 0 Å². The molecule has 8 nitrogen and oxygen atoms in total. The highest BCUT2D eigenvalue weighted by atomic mass is 32.1. The maximum absolute atomic E-state index is 12.8. The van der Waals surface area contributed by atoms with Gasteiger partial charge in [0.1, 0.15) is 16.2 Å². The van der Waals surface area contributed by atoms with Crippen molar-refractivity contribution in [2.45, 2.75) is 27.3 Å². The number of thiophene rings is 1. The average Bonchev–Trinajstić information content (AvgIpc) is 3.19. The molecule has 3 aromatic rings. The Bertz CT molecular complexity index is 1080. The lowest BCUT2D eigenvalue weighted by atomic mass is 10.1. The Morgan fingerprint density at radius 2 is 2.04 bits per heavy atom. The van der Waals surface area contributed by atoms with Crippen molar-refractivity contribution in [2.24, 2.45) is 0 Å². The zero-order valence-electron chi connectivity index (χ0n) is 15.5. The maximum atomic E-state index is 12.8. The van der Waals surface area contributed by atoms with Crippen molar-refractivity contribution in [1.82, 2.24) is 19.9 Å². The molecule has 0 spiro atoms. The number of ether oxygens (including phenoxy) is 1. The summed E-state index contributed by atoms with van der Waals surface area (Å²) in [5.41, 5.74) is 2.20. The fourth-order valence-corrected chi connectivity index (χ4v) is 3.68. The first-order chi connectivity index (χ1) is 12.8. The highest BCUT2D eigenvalue weighted by molar-refractivity contribution is 7.17. The van der Waals surface area contributed by atoms with Crippen LogP contribution in [0.1, 0.15) is 44.9 Å². The number of carbonyl (C=O) groups is 2. The third-order valence-corrected chi connectivity index (χ3v) is 5.13. The predicted octanol–water partition coefficient (Wildman–Crippen LogP) is 2.38. The summed E-state index contributed by atoms with van der Waals surface area (Å²) in [6.07, 6.45) is 0. The van der Waals surface area contributed by atoms with Gasteiger partial charge in [-0.2, -0.15) is 0 Å². The van der Waals surface area contributed by atoms with Crippen molar-refractivity contribution < 1.29 is 14.3 Å². The van der Waals surface area contributed by atoms with Crippen LogP contribution in [0.5, 0.6) is 0 Å². The van der Waals surface area contributed by atoms with Crippen LogP contribution in [-0.4, -0.2) is 45.4 Å². The Morgan fingerprint density at radius 1 is 1.30 bits per heavy atom. The van der Waals surface area contributed by atoms with E-state index in [4.69, 9.17) is 4.74 Å². The van der Waals surface area contributed by atoms with Crippen LogP contribution in [0.2, 0.25) is 0 Å². The fraction of sp³-hybridized carbons (Fsp3) is 0.333. The Balaban J connectivity index is 1.86. The van der Waals surface area contributed by atoms with Crippen LogP contribution in [0.15, 0.2) is 16.2 Å². The smallest absolute Gasteiger partial charge is 0.340 e. The zero-order valence-corrected chi connectivity index (χ0v) is 16.3. The number of aromatic amines is 2. The molecular formula is C18H20N4O4S. The number of carbonyl (C=O) groups excluding carboxylic acids is 2. The first kappa shape index (κ1) is 18.8. The maximum Gasteiger partial charge on any atom is 0.340 e. The second-order valence-corrected chi connectivity index (χ2v) is 7.07. The Kier molecular flexibility index (Phi) is 5.13. The molecule has 0 aromatic carbocycles. The van der Waals surface area contributed by atoms with Crippen molar-refractivity contribution in [1.29, 1.82) is 0 Å². The summed E-state index contributed by atoms with van der Waals surface area (Å²) in [6.45, 7) is 5.54. The van der Waals surface area contributed by atoms with Gasteiger partial charge in [0.15, 0.2) is 0 Å². The minimum absolute atomic E-state index is 0.131. The molecule has 0 unspecified atom stereocenters. The van der Waals surface area contributed by atoms with E-state index < -0.39 is 5.97 Å². The van der Waals surface area contributed by atoms with Crippen LogP contribution in [-0.2, 0) is 11.3 Å². The third kappa shape index (κ3) is 3.50.